The molecule has 0 bridgehead atoms. The monoisotopic (exact) mass is 307 g/mol. The van der Waals surface area contributed by atoms with E-state index in [0.29, 0.717) is 6.54 Å². The third-order valence-electron chi connectivity index (χ3n) is 4.48. The molecule has 1 atom stereocenters. The Hall–Kier alpha value is -1.04. The zero-order valence-corrected chi connectivity index (χ0v) is 13.7. The van der Waals surface area contributed by atoms with Gasteiger partial charge in [-0.1, -0.05) is 18.2 Å². The first-order chi connectivity index (χ1) is 10.1. The van der Waals surface area contributed by atoms with E-state index in [1.165, 1.54) is 0 Å². The Morgan fingerprint density at radius 2 is 2.00 bits per heavy atom. The molecule has 0 aliphatic carbocycles. The predicted octanol–water partition coefficient (Wildman–Crippen LogP) is 2.17. The molecular weight excluding hydrogens is 282 g/mol. The standard InChI is InChI=1S/C16H25N3OS/c1-13(15(20)18-14-6-4-3-5-7-14)19-10-8-16(12-17,21-2)9-11-19/h3-7,13H,8-12,17H2,1-2H3,(H,18,20). The van der Waals surface area contributed by atoms with Crippen LogP contribution in [0.1, 0.15) is 19.8 Å². The molecule has 5 heteroatoms. The number of carbonyl (C=O) groups is 1. The predicted molar refractivity (Wildman–Crippen MR) is 90.6 cm³/mol. The van der Waals surface area contributed by atoms with Gasteiger partial charge in [-0.15, -0.1) is 0 Å². The maximum absolute atomic E-state index is 12.3. The first-order valence-electron chi connectivity index (χ1n) is 7.45. The lowest BCUT2D eigenvalue weighted by Crippen LogP contribution is -2.51. The Bertz CT molecular complexity index is 452. The van der Waals surface area contributed by atoms with E-state index in [1.54, 1.807) is 0 Å². The number of amides is 1. The summed E-state index contributed by atoms with van der Waals surface area (Å²) in [5.74, 6) is 0.0607. The molecule has 1 heterocycles. The summed E-state index contributed by atoms with van der Waals surface area (Å²) in [5.41, 5.74) is 6.77. The molecule has 1 aliphatic heterocycles. The van der Waals surface area contributed by atoms with Gasteiger partial charge in [-0.2, -0.15) is 11.8 Å². The lowest BCUT2D eigenvalue weighted by molar-refractivity contribution is -0.121. The normalized spacial score (nSPS) is 20.0. The SMILES string of the molecule is CSC1(CN)CCN(C(C)C(=O)Nc2ccccc2)CC1. The number of anilines is 1. The van der Waals surface area contributed by atoms with Gasteiger partial charge < -0.3 is 11.1 Å². The Labute approximate surface area is 131 Å². The van der Waals surface area contributed by atoms with E-state index < -0.39 is 0 Å². The minimum atomic E-state index is -0.108. The van der Waals surface area contributed by atoms with Gasteiger partial charge in [0.1, 0.15) is 0 Å². The molecule has 1 aromatic carbocycles. The Morgan fingerprint density at radius 3 is 2.52 bits per heavy atom. The fourth-order valence-corrected chi connectivity index (χ4v) is 3.50. The van der Waals surface area contributed by atoms with Gasteiger partial charge in [-0.05, 0) is 38.2 Å². The number of rotatable bonds is 5. The highest BCUT2D eigenvalue weighted by molar-refractivity contribution is 8.00. The Balaban J connectivity index is 1.89. The van der Waals surface area contributed by atoms with Gasteiger partial charge in [0.2, 0.25) is 5.91 Å². The molecule has 0 radical (unpaired) electrons. The van der Waals surface area contributed by atoms with Crippen molar-refractivity contribution in [1.29, 1.82) is 0 Å². The molecule has 1 unspecified atom stereocenters. The Kier molecular flexibility index (Phi) is 5.67. The summed E-state index contributed by atoms with van der Waals surface area (Å²) in [6.45, 7) is 4.56. The van der Waals surface area contributed by atoms with Crippen LogP contribution in [-0.4, -0.2) is 47.5 Å². The van der Waals surface area contributed by atoms with Gasteiger partial charge in [0.15, 0.2) is 0 Å². The van der Waals surface area contributed by atoms with E-state index in [9.17, 15) is 4.79 Å². The van der Waals surface area contributed by atoms with E-state index in [0.717, 1.165) is 31.6 Å². The number of carbonyl (C=O) groups excluding carboxylic acids is 1. The van der Waals surface area contributed by atoms with E-state index in [-0.39, 0.29) is 16.7 Å². The summed E-state index contributed by atoms with van der Waals surface area (Å²) in [6.07, 6.45) is 4.23. The average molecular weight is 307 g/mol. The maximum atomic E-state index is 12.3. The number of nitrogens with zero attached hydrogens (tertiary/aromatic N) is 1. The summed E-state index contributed by atoms with van der Waals surface area (Å²) >= 11 is 1.87. The van der Waals surface area contributed by atoms with Crippen LogP contribution in [0.25, 0.3) is 0 Å². The van der Waals surface area contributed by atoms with Crippen molar-refractivity contribution in [2.75, 3.05) is 31.2 Å². The second-order valence-corrected chi connectivity index (χ2v) is 6.93. The van der Waals surface area contributed by atoms with Gasteiger partial charge >= 0.3 is 0 Å². The van der Waals surface area contributed by atoms with Crippen molar-refractivity contribution < 1.29 is 4.79 Å². The highest BCUT2D eigenvalue weighted by atomic mass is 32.2. The lowest BCUT2D eigenvalue weighted by atomic mass is 9.94. The number of hydrogen-bond acceptors (Lipinski definition) is 4. The van der Waals surface area contributed by atoms with Gasteiger partial charge in [0.05, 0.1) is 6.04 Å². The van der Waals surface area contributed by atoms with Crippen LogP contribution in [0.2, 0.25) is 0 Å². The summed E-state index contributed by atoms with van der Waals surface area (Å²) in [6, 6.07) is 9.51. The van der Waals surface area contributed by atoms with Crippen LogP contribution in [0.3, 0.4) is 0 Å². The smallest absolute Gasteiger partial charge is 0.241 e. The zero-order chi connectivity index (χ0) is 15.3. The molecule has 0 saturated carbocycles. The molecule has 2 rings (SSSR count). The number of thioether (sulfide) groups is 1. The number of nitrogens with two attached hydrogens (primary N) is 1. The molecule has 1 aliphatic rings. The van der Waals surface area contributed by atoms with Crippen molar-refractivity contribution >= 4 is 23.4 Å². The topological polar surface area (TPSA) is 58.4 Å². The van der Waals surface area contributed by atoms with Crippen LogP contribution >= 0.6 is 11.8 Å². The molecule has 21 heavy (non-hydrogen) atoms. The first-order valence-corrected chi connectivity index (χ1v) is 8.68. The summed E-state index contributed by atoms with van der Waals surface area (Å²) in [4.78, 5) is 14.6. The summed E-state index contributed by atoms with van der Waals surface area (Å²) in [5, 5.41) is 2.98. The summed E-state index contributed by atoms with van der Waals surface area (Å²) in [7, 11) is 0. The van der Waals surface area contributed by atoms with Crippen LogP contribution in [0, 0.1) is 0 Å². The molecule has 4 nitrogen and oxygen atoms in total. The second kappa shape index (κ2) is 7.29. The maximum Gasteiger partial charge on any atom is 0.241 e. The molecule has 1 amide bonds. The lowest BCUT2D eigenvalue weighted by Gasteiger charge is -2.41. The molecule has 0 aromatic heterocycles. The minimum absolute atomic E-state index is 0.0607. The van der Waals surface area contributed by atoms with Gasteiger partial charge in [-0.25, -0.2) is 0 Å². The first kappa shape index (κ1) is 16.3. The second-order valence-electron chi connectivity index (χ2n) is 5.66. The van der Waals surface area contributed by atoms with Crippen molar-refractivity contribution in [2.45, 2.75) is 30.6 Å². The highest BCUT2D eigenvalue weighted by Gasteiger charge is 2.35. The number of para-hydroxylation sites is 1. The molecule has 116 valence electrons. The zero-order valence-electron chi connectivity index (χ0n) is 12.8. The van der Waals surface area contributed by atoms with Crippen LogP contribution in [-0.2, 0) is 4.79 Å². The number of hydrogen-bond donors (Lipinski definition) is 2. The van der Waals surface area contributed by atoms with Gasteiger partial charge in [0.25, 0.3) is 0 Å². The van der Waals surface area contributed by atoms with E-state index in [2.05, 4.69) is 16.5 Å². The van der Waals surface area contributed by atoms with E-state index in [1.807, 2.05) is 49.0 Å². The molecule has 1 aromatic rings. The van der Waals surface area contributed by atoms with E-state index >= 15 is 0 Å². The minimum Gasteiger partial charge on any atom is -0.329 e. The summed E-state index contributed by atoms with van der Waals surface area (Å²) < 4.78 is 0.201. The number of benzene rings is 1. The number of likely N-dealkylation sites (tertiary alicyclic amines) is 1. The number of nitrogens with one attached hydrogen (secondary N) is 1. The third kappa shape index (κ3) is 3.99. The number of piperidine rings is 1. The van der Waals surface area contributed by atoms with Gasteiger partial charge in [0, 0.05) is 30.1 Å². The molecular formula is C16H25N3OS. The Morgan fingerprint density at radius 1 is 1.38 bits per heavy atom. The highest BCUT2D eigenvalue weighted by Crippen LogP contribution is 2.34. The van der Waals surface area contributed by atoms with Gasteiger partial charge in [-0.3, -0.25) is 9.69 Å². The molecule has 3 N–H and O–H groups in total. The van der Waals surface area contributed by atoms with Crippen LogP contribution in [0.4, 0.5) is 5.69 Å². The van der Waals surface area contributed by atoms with Crippen LogP contribution in [0.5, 0.6) is 0 Å². The third-order valence-corrected chi connectivity index (χ3v) is 5.92. The van der Waals surface area contributed by atoms with Crippen LogP contribution in [0.15, 0.2) is 30.3 Å². The van der Waals surface area contributed by atoms with Crippen molar-refractivity contribution in [3.8, 4) is 0 Å². The van der Waals surface area contributed by atoms with Crippen molar-refractivity contribution in [1.82, 2.24) is 4.90 Å². The fraction of sp³-hybridized carbons (Fsp3) is 0.562. The molecule has 1 saturated heterocycles. The van der Waals surface area contributed by atoms with E-state index in [4.69, 9.17) is 5.73 Å². The average Bonchev–Trinajstić information content (AvgIpc) is 2.55. The quantitative estimate of drug-likeness (QED) is 0.875. The van der Waals surface area contributed by atoms with Crippen LogP contribution < -0.4 is 11.1 Å². The largest absolute Gasteiger partial charge is 0.329 e. The fourth-order valence-electron chi connectivity index (χ4n) is 2.74. The molecule has 0 spiro atoms. The molecule has 1 fully saturated rings. The van der Waals surface area contributed by atoms with Crippen molar-refractivity contribution in [3.63, 3.8) is 0 Å². The van der Waals surface area contributed by atoms with Crippen molar-refractivity contribution in [3.05, 3.63) is 30.3 Å². The van der Waals surface area contributed by atoms with Crippen molar-refractivity contribution in [2.24, 2.45) is 5.73 Å².